The molecule has 1 aliphatic heterocycles. The molecule has 1 atom stereocenters. The van der Waals surface area contributed by atoms with E-state index >= 15 is 0 Å². The third-order valence-corrected chi connectivity index (χ3v) is 5.81. The minimum absolute atomic E-state index is 0.100. The van der Waals surface area contributed by atoms with Gasteiger partial charge in [0.2, 0.25) is 5.91 Å². The van der Waals surface area contributed by atoms with Crippen LogP contribution in [0, 0.1) is 0 Å². The molecule has 28 heavy (non-hydrogen) atoms. The molecule has 1 aromatic carbocycles. The number of hydrogen-bond acceptors (Lipinski definition) is 5. The third kappa shape index (κ3) is 3.43. The maximum Gasteiger partial charge on any atom is 0.264 e. The number of carbonyl (C=O) groups excluding carboxylic acids is 2. The van der Waals surface area contributed by atoms with Gasteiger partial charge in [0.25, 0.3) is 11.5 Å². The average Bonchev–Trinajstić information content (AvgIpc) is 3.39. The van der Waals surface area contributed by atoms with Gasteiger partial charge in [-0.3, -0.25) is 14.4 Å². The molecule has 3 aromatic rings. The number of hydrogen-bond donors (Lipinski definition) is 1. The summed E-state index contributed by atoms with van der Waals surface area (Å²) >= 11 is 1.38. The molecular formula is C20H20N4O3S. The largest absolute Gasteiger partial charge is 0.336 e. The van der Waals surface area contributed by atoms with Crippen molar-refractivity contribution in [1.82, 2.24) is 19.8 Å². The van der Waals surface area contributed by atoms with Gasteiger partial charge in [-0.05, 0) is 36.4 Å². The van der Waals surface area contributed by atoms with Crippen LogP contribution in [0.25, 0.3) is 10.9 Å². The normalized spacial score (nSPS) is 16.5. The number of H-pyrrole nitrogens is 1. The maximum absolute atomic E-state index is 13.0. The second-order valence-corrected chi connectivity index (χ2v) is 7.81. The lowest BCUT2D eigenvalue weighted by molar-refractivity contribution is -0.134. The standard InChI is InChI=1S/C20H20N4O3S/c1-23(12-17-21-14-7-3-2-6-13(14)18(25)22-17)19(26)15-8-4-10-24(15)20(27)16-9-5-11-28-16/h2-3,5-7,9,11,15H,4,8,10,12H2,1H3,(H,21,22,25)/t15-/m0/s1. The molecule has 1 fully saturated rings. The number of amides is 2. The van der Waals surface area contributed by atoms with E-state index in [4.69, 9.17) is 0 Å². The van der Waals surface area contributed by atoms with E-state index in [0.29, 0.717) is 34.6 Å². The number of benzene rings is 1. The van der Waals surface area contributed by atoms with E-state index < -0.39 is 6.04 Å². The van der Waals surface area contributed by atoms with Crippen LogP contribution in [0.3, 0.4) is 0 Å². The van der Waals surface area contributed by atoms with Crippen LogP contribution in [0.1, 0.15) is 28.3 Å². The van der Waals surface area contributed by atoms with Crippen LogP contribution < -0.4 is 5.56 Å². The molecule has 0 aliphatic carbocycles. The van der Waals surface area contributed by atoms with E-state index in [1.807, 2.05) is 17.5 Å². The van der Waals surface area contributed by atoms with Crippen molar-refractivity contribution in [2.45, 2.75) is 25.4 Å². The predicted octanol–water partition coefficient (Wildman–Crippen LogP) is 2.25. The van der Waals surface area contributed by atoms with Crippen LogP contribution in [0.15, 0.2) is 46.6 Å². The summed E-state index contributed by atoms with van der Waals surface area (Å²) in [6.07, 6.45) is 1.44. The molecule has 4 rings (SSSR count). The summed E-state index contributed by atoms with van der Waals surface area (Å²) in [6.45, 7) is 0.752. The van der Waals surface area contributed by atoms with Crippen molar-refractivity contribution >= 4 is 34.1 Å². The van der Waals surface area contributed by atoms with E-state index in [-0.39, 0.29) is 23.9 Å². The highest BCUT2D eigenvalue weighted by atomic mass is 32.1. The van der Waals surface area contributed by atoms with Crippen molar-refractivity contribution < 1.29 is 9.59 Å². The van der Waals surface area contributed by atoms with Crippen molar-refractivity contribution in [3.05, 3.63) is 62.8 Å². The Kier molecular flexibility index (Phi) is 4.95. The lowest BCUT2D eigenvalue weighted by Crippen LogP contribution is -2.46. The summed E-state index contributed by atoms with van der Waals surface area (Å²) in [4.78, 5) is 48.9. The Labute approximate surface area is 165 Å². The average molecular weight is 396 g/mol. The number of fused-ring (bicyclic) bond motifs is 1. The van der Waals surface area contributed by atoms with E-state index in [1.165, 1.54) is 16.2 Å². The van der Waals surface area contributed by atoms with E-state index in [1.54, 1.807) is 36.2 Å². The van der Waals surface area contributed by atoms with Crippen molar-refractivity contribution in [2.75, 3.05) is 13.6 Å². The fraction of sp³-hybridized carbons (Fsp3) is 0.300. The lowest BCUT2D eigenvalue weighted by Gasteiger charge is -2.27. The SMILES string of the molecule is CN(Cc1nc2ccccc2c(=O)[nH]1)C(=O)[C@@H]1CCCN1C(=O)c1cccs1. The summed E-state index contributed by atoms with van der Waals surface area (Å²) in [6, 6.07) is 10.2. The number of nitrogens with zero attached hydrogens (tertiary/aromatic N) is 3. The van der Waals surface area contributed by atoms with Gasteiger partial charge in [0, 0.05) is 13.6 Å². The zero-order chi connectivity index (χ0) is 19.7. The third-order valence-electron chi connectivity index (χ3n) is 4.96. The number of para-hydroxylation sites is 1. The number of aromatic nitrogens is 2. The Bertz CT molecular complexity index is 1080. The molecule has 144 valence electrons. The summed E-state index contributed by atoms with van der Waals surface area (Å²) in [5, 5.41) is 2.37. The molecule has 0 radical (unpaired) electrons. The molecule has 0 unspecified atom stereocenters. The van der Waals surface area contributed by atoms with Crippen molar-refractivity contribution in [3.8, 4) is 0 Å². The zero-order valence-corrected chi connectivity index (χ0v) is 16.2. The minimum Gasteiger partial charge on any atom is -0.336 e. The van der Waals surface area contributed by atoms with Gasteiger partial charge in [-0.15, -0.1) is 11.3 Å². The highest BCUT2D eigenvalue weighted by Gasteiger charge is 2.36. The molecular weight excluding hydrogens is 376 g/mol. The molecule has 0 saturated carbocycles. The number of rotatable bonds is 4. The predicted molar refractivity (Wildman–Crippen MR) is 107 cm³/mol. The molecule has 1 saturated heterocycles. The number of aromatic amines is 1. The van der Waals surface area contributed by atoms with Crippen molar-refractivity contribution in [3.63, 3.8) is 0 Å². The van der Waals surface area contributed by atoms with Crippen LogP contribution >= 0.6 is 11.3 Å². The first-order valence-electron chi connectivity index (χ1n) is 9.12. The maximum atomic E-state index is 13.0. The van der Waals surface area contributed by atoms with E-state index in [2.05, 4.69) is 9.97 Å². The molecule has 3 heterocycles. The van der Waals surface area contributed by atoms with Crippen molar-refractivity contribution in [1.29, 1.82) is 0 Å². The van der Waals surface area contributed by atoms with Crippen molar-refractivity contribution in [2.24, 2.45) is 0 Å². The number of thiophene rings is 1. The van der Waals surface area contributed by atoms with Crippen LogP contribution in [0.2, 0.25) is 0 Å². The van der Waals surface area contributed by atoms with Crippen LogP contribution in [-0.4, -0.2) is 51.2 Å². The number of carbonyl (C=O) groups is 2. The molecule has 2 aromatic heterocycles. The van der Waals surface area contributed by atoms with Gasteiger partial charge in [0.1, 0.15) is 11.9 Å². The monoisotopic (exact) mass is 396 g/mol. The summed E-state index contributed by atoms with van der Waals surface area (Å²) in [5.74, 6) is 0.184. The van der Waals surface area contributed by atoms with Crippen LogP contribution in [0.5, 0.6) is 0 Å². The number of likely N-dealkylation sites (tertiary alicyclic amines) is 1. The van der Waals surface area contributed by atoms with Crippen LogP contribution in [0.4, 0.5) is 0 Å². The fourth-order valence-electron chi connectivity index (χ4n) is 3.58. The summed E-state index contributed by atoms with van der Waals surface area (Å²) in [7, 11) is 1.67. The molecule has 1 N–H and O–H groups in total. The molecule has 0 bridgehead atoms. The molecule has 8 heteroatoms. The van der Waals surface area contributed by atoms with Gasteiger partial charge < -0.3 is 14.8 Å². The number of nitrogens with one attached hydrogen (secondary N) is 1. The molecule has 0 spiro atoms. The van der Waals surface area contributed by atoms with Gasteiger partial charge in [-0.25, -0.2) is 4.98 Å². The summed E-state index contributed by atoms with van der Waals surface area (Å²) in [5.41, 5.74) is 0.370. The second-order valence-electron chi connectivity index (χ2n) is 6.86. The summed E-state index contributed by atoms with van der Waals surface area (Å²) < 4.78 is 0. The van der Waals surface area contributed by atoms with Gasteiger partial charge in [-0.2, -0.15) is 0 Å². The fourth-order valence-corrected chi connectivity index (χ4v) is 4.25. The second kappa shape index (κ2) is 7.55. The Hall–Kier alpha value is -3.00. The minimum atomic E-state index is -0.480. The molecule has 2 amide bonds. The van der Waals surface area contributed by atoms with E-state index in [9.17, 15) is 14.4 Å². The van der Waals surface area contributed by atoms with Gasteiger partial charge in [-0.1, -0.05) is 18.2 Å². The zero-order valence-electron chi connectivity index (χ0n) is 15.4. The van der Waals surface area contributed by atoms with Gasteiger partial charge in [0.15, 0.2) is 0 Å². The Morgan fingerprint density at radius 2 is 2.11 bits per heavy atom. The number of likely N-dealkylation sites (N-methyl/N-ethyl adjacent to an activating group) is 1. The molecule has 1 aliphatic rings. The highest BCUT2D eigenvalue weighted by Crippen LogP contribution is 2.23. The Morgan fingerprint density at radius 1 is 1.29 bits per heavy atom. The van der Waals surface area contributed by atoms with E-state index in [0.717, 1.165) is 6.42 Å². The van der Waals surface area contributed by atoms with Crippen LogP contribution in [-0.2, 0) is 11.3 Å². The first kappa shape index (κ1) is 18.4. The first-order valence-corrected chi connectivity index (χ1v) is 10.00. The molecule has 7 nitrogen and oxygen atoms in total. The topological polar surface area (TPSA) is 86.4 Å². The smallest absolute Gasteiger partial charge is 0.264 e. The Morgan fingerprint density at radius 3 is 2.89 bits per heavy atom. The quantitative estimate of drug-likeness (QED) is 0.733. The van der Waals surface area contributed by atoms with Gasteiger partial charge in [0.05, 0.1) is 22.3 Å². The Balaban J connectivity index is 1.51. The first-order chi connectivity index (χ1) is 13.5. The van der Waals surface area contributed by atoms with Gasteiger partial charge >= 0.3 is 0 Å². The lowest BCUT2D eigenvalue weighted by atomic mass is 10.2. The highest BCUT2D eigenvalue weighted by molar-refractivity contribution is 7.12.